The molecule has 0 aromatic heterocycles. The molecule has 0 saturated heterocycles. The number of ketones is 1. The second-order valence-corrected chi connectivity index (χ2v) is 5.55. The normalized spacial score (nSPS) is 12.8. The Morgan fingerprint density at radius 2 is 1.80 bits per heavy atom. The Kier molecular flexibility index (Phi) is 4.91. The lowest BCUT2D eigenvalue weighted by atomic mass is 9.94. The van der Waals surface area contributed by atoms with E-state index in [2.05, 4.69) is 35.6 Å². The molecule has 1 N–H and O–H groups in total. The average molecular weight is 269 g/mol. The quantitative estimate of drug-likeness (QED) is 0.868. The number of likely N-dealkylation sites (N-methyl/N-ethyl adjacent to an activating group) is 1. The Balaban J connectivity index is 2.21. The Bertz CT molecular complexity index is 589. The van der Waals surface area contributed by atoms with E-state index in [9.17, 15) is 4.79 Å². The van der Waals surface area contributed by atoms with Crippen LogP contribution in [0.5, 0.6) is 0 Å². The van der Waals surface area contributed by atoms with Gasteiger partial charge in [0.25, 0.3) is 0 Å². The van der Waals surface area contributed by atoms with Crippen molar-refractivity contribution in [3.8, 4) is 0 Å². The molecule has 0 fully saturated rings. The molecule has 1 unspecified atom stereocenters. The second kappa shape index (κ2) is 6.67. The number of carbonyl (C=O) groups excluding carboxylic acids is 1. The van der Waals surface area contributed by atoms with Gasteiger partial charge in [-0.1, -0.05) is 63.2 Å². The molecule has 2 rings (SSSR count). The van der Waals surface area contributed by atoms with Crippen LogP contribution in [0.2, 0.25) is 0 Å². The fraction of sp³-hybridized carbons (Fsp3) is 0.389. The van der Waals surface area contributed by atoms with Crippen molar-refractivity contribution in [2.24, 2.45) is 5.92 Å². The van der Waals surface area contributed by atoms with Crippen molar-refractivity contribution in [1.29, 1.82) is 0 Å². The van der Waals surface area contributed by atoms with Crippen LogP contribution in [0, 0.1) is 5.92 Å². The summed E-state index contributed by atoms with van der Waals surface area (Å²) in [6, 6.07) is 14.7. The van der Waals surface area contributed by atoms with Crippen LogP contribution in [0.1, 0.15) is 26.3 Å². The van der Waals surface area contributed by atoms with Gasteiger partial charge in [-0.25, -0.2) is 0 Å². The van der Waals surface area contributed by atoms with Gasteiger partial charge >= 0.3 is 0 Å². The first kappa shape index (κ1) is 14.7. The molecule has 0 amide bonds. The number of hydrogen-bond acceptors (Lipinski definition) is 2. The summed E-state index contributed by atoms with van der Waals surface area (Å²) in [5.74, 6) is 0.361. The molecule has 2 nitrogen and oxygen atoms in total. The molecule has 2 aromatic carbocycles. The molecular weight excluding hydrogens is 246 g/mol. The summed E-state index contributed by atoms with van der Waals surface area (Å²) in [4.78, 5) is 12.2. The molecule has 0 heterocycles. The van der Waals surface area contributed by atoms with E-state index in [0.29, 0.717) is 5.78 Å². The number of fused-ring (bicyclic) bond motifs is 1. The van der Waals surface area contributed by atoms with Gasteiger partial charge in [-0.15, -0.1) is 0 Å². The number of hydrogen-bond donors (Lipinski definition) is 1. The number of rotatable bonds is 6. The predicted molar refractivity (Wildman–Crippen MR) is 85.0 cm³/mol. The first-order valence-electron chi connectivity index (χ1n) is 7.36. The van der Waals surface area contributed by atoms with Gasteiger partial charge < -0.3 is 5.32 Å². The Hall–Kier alpha value is -1.67. The van der Waals surface area contributed by atoms with Crippen LogP contribution < -0.4 is 5.32 Å². The third kappa shape index (κ3) is 3.45. The van der Waals surface area contributed by atoms with Gasteiger partial charge in [0, 0.05) is 5.92 Å². The highest BCUT2D eigenvalue weighted by Crippen LogP contribution is 2.17. The Labute approximate surface area is 121 Å². The van der Waals surface area contributed by atoms with Crippen molar-refractivity contribution in [3.05, 3.63) is 48.0 Å². The highest BCUT2D eigenvalue weighted by molar-refractivity contribution is 5.87. The lowest BCUT2D eigenvalue weighted by Gasteiger charge is -2.19. The minimum atomic E-state index is -0.0823. The van der Waals surface area contributed by atoms with Gasteiger partial charge in [-0.05, 0) is 29.3 Å². The Morgan fingerprint density at radius 1 is 1.10 bits per heavy atom. The summed E-state index contributed by atoms with van der Waals surface area (Å²) in [6.07, 6.45) is 0.760. The zero-order chi connectivity index (χ0) is 14.5. The highest BCUT2D eigenvalue weighted by atomic mass is 16.1. The average Bonchev–Trinajstić information content (AvgIpc) is 2.46. The Morgan fingerprint density at radius 3 is 2.45 bits per heavy atom. The summed E-state index contributed by atoms with van der Waals surface area (Å²) in [5, 5.41) is 5.79. The maximum atomic E-state index is 12.2. The predicted octanol–water partition coefficient (Wildman–Crippen LogP) is 3.59. The van der Waals surface area contributed by atoms with Gasteiger partial charge in [0.2, 0.25) is 0 Å². The molecule has 0 bridgehead atoms. The standard InChI is InChI=1S/C18H23NO/c1-4-19-17(18(20)13(2)3)12-14-9-10-15-7-5-6-8-16(15)11-14/h5-11,13,17,19H,4,12H2,1-3H3. The molecule has 0 aliphatic rings. The smallest absolute Gasteiger partial charge is 0.152 e. The van der Waals surface area contributed by atoms with E-state index in [1.54, 1.807) is 0 Å². The molecule has 0 radical (unpaired) electrons. The largest absolute Gasteiger partial charge is 0.307 e. The summed E-state index contributed by atoms with van der Waals surface area (Å²) in [5.41, 5.74) is 1.21. The van der Waals surface area contributed by atoms with Gasteiger partial charge in [-0.3, -0.25) is 4.79 Å². The first-order chi connectivity index (χ1) is 9.61. The van der Waals surface area contributed by atoms with Gasteiger partial charge in [-0.2, -0.15) is 0 Å². The second-order valence-electron chi connectivity index (χ2n) is 5.55. The number of benzene rings is 2. The van der Waals surface area contributed by atoms with Crippen molar-refractivity contribution in [3.63, 3.8) is 0 Å². The fourth-order valence-electron chi connectivity index (χ4n) is 2.52. The van der Waals surface area contributed by atoms with Crippen LogP contribution in [-0.4, -0.2) is 18.4 Å². The summed E-state index contributed by atoms with van der Waals surface area (Å²) >= 11 is 0. The fourth-order valence-corrected chi connectivity index (χ4v) is 2.52. The highest BCUT2D eigenvalue weighted by Gasteiger charge is 2.20. The van der Waals surface area contributed by atoms with Gasteiger partial charge in [0.1, 0.15) is 0 Å². The van der Waals surface area contributed by atoms with E-state index < -0.39 is 0 Å². The van der Waals surface area contributed by atoms with Gasteiger partial charge in [0.05, 0.1) is 6.04 Å². The van der Waals surface area contributed by atoms with E-state index in [4.69, 9.17) is 0 Å². The summed E-state index contributed by atoms with van der Waals surface area (Å²) in [7, 11) is 0. The lowest BCUT2D eigenvalue weighted by molar-refractivity contribution is -0.123. The SMILES string of the molecule is CCNC(Cc1ccc2ccccc2c1)C(=O)C(C)C. The minimum absolute atomic E-state index is 0.0690. The monoisotopic (exact) mass is 269 g/mol. The zero-order valence-electron chi connectivity index (χ0n) is 12.5. The molecule has 0 spiro atoms. The maximum Gasteiger partial charge on any atom is 0.152 e. The molecule has 0 aliphatic heterocycles. The van der Waals surface area contributed by atoms with Crippen LogP contribution in [0.4, 0.5) is 0 Å². The van der Waals surface area contributed by atoms with Crippen LogP contribution in [0.15, 0.2) is 42.5 Å². The van der Waals surface area contributed by atoms with E-state index >= 15 is 0 Å². The number of Topliss-reactive ketones (excluding diaryl/α,β-unsaturated/α-hetero) is 1. The number of carbonyl (C=O) groups is 1. The molecule has 0 saturated carbocycles. The molecule has 2 heteroatoms. The first-order valence-corrected chi connectivity index (χ1v) is 7.36. The van der Waals surface area contributed by atoms with Crippen molar-refractivity contribution in [1.82, 2.24) is 5.32 Å². The lowest BCUT2D eigenvalue weighted by Crippen LogP contribution is -2.40. The third-order valence-electron chi connectivity index (χ3n) is 3.62. The molecule has 1 atom stereocenters. The van der Waals surface area contributed by atoms with E-state index in [-0.39, 0.29) is 12.0 Å². The van der Waals surface area contributed by atoms with Crippen molar-refractivity contribution < 1.29 is 4.79 Å². The van der Waals surface area contributed by atoms with E-state index in [1.807, 2.05) is 32.9 Å². The van der Waals surface area contributed by atoms with Crippen LogP contribution in [-0.2, 0) is 11.2 Å². The van der Waals surface area contributed by atoms with Crippen LogP contribution in [0.3, 0.4) is 0 Å². The van der Waals surface area contributed by atoms with E-state index in [1.165, 1.54) is 16.3 Å². The van der Waals surface area contributed by atoms with Crippen LogP contribution in [0.25, 0.3) is 10.8 Å². The number of nitrogens with one attached hydrogen (secondary N) is 1. The maximum absolute atomic E-state index is 12.2. The van der Waals surface area contributed by atoms with Crippen molar-refractivity contribution >= 4 is 16.6 Å². The third-order valence-corrected chi connectivity index (χ3v) is 3.62. The van der Waals surface area contributed by atoms with Gasteiger partial charge in [0.15, 0.2) is 5.78 Å². The zero-order valence-corrected chi connectivity index (χ0v) is 12.5. The molecular formula is C18H23NO. The molecule has 20 heavy (non-hydrogen) atoms. The molecule has 2 aromatic rings. The van der Waals surface area contributed by atoms with E-state index in [0.717, 1.165) is 13.0 Å². The van der Waals surface area contributed by atoms with Crippen molar-refractivity contribution in [2.75, 3.05) is 6.54 Å². The molecule has 106 valence electrons. The molecule has 0 aliphatic carbocycles. The van der Waals surface area contributed by atoms with Crippen molar-refractivity contribution in [2.45, 2.75) is 33.2 Å². The topological polar surface area (TPSA) is 29.1 Å². The summed E-state index contributed by atoms with van der Waals surface area (Å²) in [6.45, 7) is 6.79. The summed E-state index contributed by atoms with van der Waals surface area (Å²) < 4.78 is 0. The van der Waals surface area contributed by atoms with Crippen LogP contribution >= 0.6 is 0 Å². The minimum Gasteiger partial charge on any atom is -0.307 e.